The Balaban J connectivity index is 2.29. The fraction of sp³-hybridized carbons (Fsp3) is 0.353. The van der Waals surface area contributed by atoms with Gasteiger partial charge in [-0.15, -0.1) is 0 Å². The second-order valence-electron chi connectivity index (χ2n) is 6.42. The molecule has 5 heteroatoms. The van der Waals surface area contributed by atoms with Gasteiger partial charge in [-0.2, -0.15) is 0 Å². The van der Waals surface area contributed by atoms with Crippen molar-refractivity contribution < 1.29 is 8.42 Å². The molecule has 0 spiro atoms. The predicted octanol–water partition coefficient (Wildman–Crippen LogP) is 3.17. The van der Waals surface area contributed by atoms with Crippen molar-refractivity contribution in [2.45, 2.75) is 44.6 Å². The van der Waals surface area contributed by atoms with Crippen molar-refractivity contribution in [1.82, 2.24) is 9.71 Å². The Morgan fingerprint density at radius 2 is 1.91 bits per heavy atom. The van der Waals surface area contributed by atoms with Gasteiger partial charge in [-0.3, -0.25) is 4.98 Å². The third kappa shape index (κ3) is 3.93. The molecule has 2 rings (SSSR count). The Morgan fingerprint density at radius 1 is 1.18 bits per heavy atom. The van der Waals surface area contributed by atoms with Crippen LogP contribution in [0.15, 0.2) is 47.6 Å². The van der Waals surface area contributed by atoms with Gasteiger partial charge in [0, 0.05) is 18.9 Å². The Morgan fingerprint density at radius 3 is 2.50 bits per heavy atom. The topological polar surface area (TPSA) is 59.1 Å². The minimum absolute atomic E-state index is 0.0959. The van der Waals surface area contributed by atoms with Crippen LogP contribution in [0.4, 0.5) is 0 Å². The molecule has 118 valence electrons. The van der Waals surface area contributed by atoms with Crippen molar-refractivity contribution in [1.29, 1.82) is 0 Å². The average Bonchev–Trinajstić information content (AvgIpc) is 2.45. The summed E-state index contributed by atoms with van der Waals surface area (Å²) < 4.78 is 27.8. The van der Waals surface area contributed by atoms with E-state index in [1.807, 2.05) is 25.1 Å². The maximum Gasteiger partial charge on any atom is 0.241 e. The summed E-state index contributed by atoms with van der Waals surface area (Å²) >= 11 is 0. The highest BCUT2D eigenvalue weighted by Gasteiger charge is 2.21. The van der Waals surface area contributed by atoms with Crippen LogP contribution in [0.5, 0.6) is 0 Å². The zero-order chi connectivity index (χ0) is 16.4. The van der Waals surface area contributed by atoms with E-state index in [9.17, 15) is 8.42 Å². The van der Waals surface area contributed by atoms with Crippen molar-refractivity contribution in [2.75, 3.05) is 0 Å². The van der Waals surface area contributed by atoms with Gasteiger partial charge in [0.2, 0.25) is 10.0 Å². The van der Waals surface area contributed by atoms with Crippen LogP contribution < -0.4 is 4.72 Å². The van der Waals surface area contributed by atoms with Crippen LogP contribution >= 0.6 is 0 Å². The van der Waals surface area contributed by atoms with Gasteiger partial charge in [0.25, 0.3) is 0 Å². The zero-order valence-corrected chi connectivity index (χ0v) is 14.2. The van der Waals surface area contributed by atoms with Gasteiger partial charge in [-0.1, -0.05) is 39.0 Å². The molecule has 0 aliphatic carbocycles. The van der Waals surface area contributed by atoms with Crippen LogP contribution in [0, 0.1) is 6.92 Å². The van der Waals surface area contributed by atoms with Gasteiger partial charge in [0.1, 0.15) is 0 Å². The molecule has 2 aromatic rings. The molecule has 0 amide bonds. The van der Waals surface area contributed by atoms with Crippen LogP contribution in [-0.4, -0.2) is 13.4 Å². The van der Waals surface area contributed by atoms with Gasteiger partial charge in [-0.25, -0.2) is 13.1 Å². The third-order valence-electron chi connectivity index (χ3n) is 3.53. The highest BCUT2D eigenvalue weighted by molar-refractivity contribution is 7.89. The van der Waals surface area contributed by atoms with Crippen molar-refractivity contribution >= 4 is 10.0 Å². The summed E-state index contributed by atoms with van der Waals surface area (Å²) in [6.07, 6.45) is 3.32. The normalized spacial score (nSPS) is 12.4. The first-order valence-corrected chi connectivity index (χ1v) is 8.68. The Bertz CT molecular complexity index is 748. The molecule has 4 nitrogen and oxygen atoms in total. The molecule has 0 aliphatic heterocycles. The second kappa shape index (κ2) is 6.18. The number of hydrogen-bond donors (Lipinski definition) is 1. The number of hydrogen-bond acceptors (Lipinski definition) is 3. The molecule has 0 unspecified atom stereocenters. The second-order valence-corrected chi connectivity index (χ2v) is 8.15. The molecular weight excluding hydrogens is 296 g/mol. The highest BCUT2D eigenvalue weighted by Crippen LogP contribution is 2.26. The molecule has 1 heterocycles. The molecule has 0 radical (unpaired) electrons. The average molecular weight is 318 g/mol. The van der Waals surface area contributed by atoms with Crippen molar-refractivity contribution in [3.8, 4) is 0 Å². The highest BCUT2D eigenvalue weighted by atomic mass is 32.2. The van der Waals surface area contributed by atoms with E-state index < -0.39 is 10.0 Å². The fourth-order valence-electron chi connectivity index (χ4n) is 2.11. The summed E-state index contributed by atoms with van der Waals surface area (Å²) in [5.41, 5.74) is 2.48. The Hall–Kier alpha value is -1.72. The van der Waals surface area contributed by atoms with E-state index in [0.29, 0.717) is 4.90 Å². The summed E-state index contributed by atoms with van der Waals surface area (Å²) in [5.74, 6) is 0. The van der Waals surface area contributed by atoms with Crippen LogP contribution in [0.3, 0.4) is 0 Å². The van der Waals surface area contributed by atoms with E-state index in [2.05, 4.69) is 30.5 Å². The summed E-state index contributed by atoms with van der Waals surface area (Å²) in [6, 6.07) is 9.23. The van der Waals surface area contributed by atoms with Crippen LogP contribution in [0.1, 0.15) is 37.5 Å². The molecule has 0 saturated heterocycles. The number of pyridine rings is 1. The Kier molecular flexibility index (Phi) is 4.68. The van der Waals surface area contributed by atoms with Crippen LogP contribution in [-0.2, 0) is 22.0 Å². The van der Waals surface area contributed by atoms with E-state index in [4.69, 9.17) is 0 Å². The molecule has 0 fully saturated rings. The van der Waals surface area contributed by atoms with Gasteiger partial charge in [-0.05, 0) is 41.2 Å². The largest absolute Gasteiger partial charge is 0.264 e. The molecule has 1 aromatic carbocycles. The van der Waals surface area contributed by atoms with Crippen molar-refractivity contribution in [3.05, 3.63) is 59.4 Å². The predicted molar refractivity (Wildman–Crippen MR) is 88.1 cm³/mol. The number of aryl methyl sites for hydroxylation is 1. The molecular formula is C17H22N2O2S. The quantitative estimate of drug-likeness (QED) is 0.942. The maximum atomic E-state index is 12.6. The summed E-state index contributed by atoms with van der Waals surface area (Å²) in [5, 5.41) is 0. The van der Waals surface area contributed by atoms with Crippen LogP contribution in [0.2, 0.25) is 0 Å². The van der Waals surface area contributed by atoms with E-state index >= 15 is 0 Å². The van der Waals surface area contributed by atoms with Gasteiger partial charge < -0.3 is 0 Å². The molecule has 0 saturated carbocycles. The monoisotopic (exact) mass is 318 g/mol. The SMILES string of the molecule is Cc1ccc(C(C)(C)C)cc1S(=O)(=O)NCc1cccnc1. The minimum Gasteiger partial charge on any atom is -0.264 e. The van der Waals surface area contributed by atoms with Crippen LogP contribution in [0.25, 0.3) is 0 Å². The third-order valence-corrected chi connectivity index (χ3v) is 5.08. The van der Waals surface area contributed by atoms with E-state index in [1.165, 1.54) is 0 Å². The number of benzene rings is 1. The van der Waals surface area contributed by atoms with Crippen molar-refractivity contribution in [3.63, 3.8) is 0 Å². The first-order chi connectivity index (χ1) is 10.2. The van der Waals surface area contributed by atoms with Gasteiger partial charge in [0.05, 0.1) is 4.90 Å². The number of nitrogens with zero attached hydrogens (tertiary/aromatic N) is 1. The molecule has 0 aliphatic rings. The lowest BCUT2D eigenvalue weighted by Crippen LogP contribution is -2.25. The van der Waals surface area contributed by atoms with Gasteiger partial charge >= 0.3 is 0 Å². The zero-order valence-electron chi connectivity index (χ0n) is 13.4. The molecule has 22 heavy (non-hydrogen) atoms. The molecule has 1 N–H and O–H groups in total. The lowest BCUT2D eigenvalue weighted by atomic mass is 9.87. The number of rotatable bonds is 4. The van der Waals surface area contributed by atoms with Crippen molar-refractivity contribution in [2.24, 2.45) is 0 Å². The van der Waals surface area contributed by atoms with E-state index in [1.54, 1.807) is 24.5 Å². The first kappa shape index (κ1) is 16.6. The van der Waals surface area contributed by atoms with E-state index in [0.717, 1.165) is 16.7 Å². The number of aromatic nitrogens is 1. The number of sulfonamides is 1. The summed E-state index contributed by atoms with van der Waals surface area (Å²) in [7, 11) is -3.55. The lowest BCUT2D eigenvalue weighted by molar-refractivity contribution is 0.575. The lowest BCUT2D eigenvalue weighted by Gasteiger charge is -2.21. The first-order valence-electron chi connectivity index (χ1n) is 7.20. The van der Waals surface area contributed by atoms with Gasteiger partial charge in [0.15, 0.2) is 0 Å². The smallest absolute Gasteiger partial charge is 0.241 e. The molecule has 0 atom stereocenters. The summed E-state index contributed by atoms with van der Waals surface area (Å²) in [6.45, 7) is 8.24. The summed E-state index contributed by atoms with van der Waals surface area (Å²) in [4.78, 5) is 4.32. The standard InChI is InChI=1S/C17H22N2O2S/c1-13-7-8-15(17(2,3)4)10-16(13)22(20,21)19-12-14-6-5-9-18-11-14/h5-11,19H,12H2,1-4H3. The molecule has 1 aromatic heterocycles. The maximum absolute atomic E-state index is 12.6. The fourth-order valence-corrected chi connectivity index (χ4v) is 3.40. The molecule has 0 bridgehead atoms. The number of nitrogens with one attached hydrogen (secondary N) is 1. The van der Waals surface area contributed by atoms with E-state index in [-0.39, 0.29) is 12.0 Å². The Labute approximate surface area is 132 Å². The minimum atomic E-state index is -3.55.